The monoisotopic (exact) mass is 885 g/mol. The van der Waals surface area contributed by atoms with E-state index in [2.05, 4.69) is 71.8 Å². The standard InChI is InChI=1S/C48H68N8O8/c1-10-41(57)54-21-18-33(28-54)46(60)52(8)42(31(3)4)44(58)50-32(5)45(59)56-20-13-15-38(51-56)47(61)64-30-48(6,7)27-37-36-26-34(53-22-24-63-25-23-53)16-17-40(36)55(11-2)43(37)35-14-12-19-49-39(35)29-62-9/h10,12,14,16-17,19,26,31-33,38,42,51H,1,11,13,15,18,20-25,27-30H2,2-9H3,(H,50,58)/t32-,33-,38-,42-/m0/s1. The Morgan fingerprint density at radius 3 is 2.52 bits per heavy atom. The lowest BCUT2D eigenvalue weighted by molar-refractivity contribution is -0.155. The normalized spacial score (nSPS) is 19.1. The molecule has 3 fully saturated rings. The summed E-state index contributed by atoms with van der Waals surface area (Å²) in [6, 6.07) is 8.16. The maximum Gasteiger partial charge on any atom is 0.324 e. The van der Waals surface area contributed by atoms with Crippen molar-refractivity contribution in [2.75, 3.05) is 71.6 Å². The minimum absolute atomic E-state index is 0.135. The number of carbonyl (C=O) groups is 5. The highest BCUT2D eigenvalue weighted by Crippen LogP contribution is 2.41. The Kier molecular flexibility index (Phi) is 15.9. The molecule has 4 amide bonds. The number of hydrazine groups is 1. The van der Waals surface area contributed by atoms with Gasteiger partial charge in [0, 0.05) is 87.2 Å². The van der Waals surface area contributed by atoms with Crippen LogP contribution in [0.2, 0.25) is 0 Å². The molecule has 1 aromatic carbocycles. The van der Waals surface area contributed by atoms with Crippen molar-refractivity contribution in [1.29, 1.82) is 0 Å². The van der Waals surface area contributed by atoms with E-state index in [9.17, 15) is 24.0 Å². The third-order valence-electron chi connectivity index (χ3n) is 12.7. The van der Waals surface area contributed by atoms with Gasteiger partial charge in [0.25, 0.3) is 5.91 Å². The summed E-state index contributed by atoms with van der Waals surface area (Å²) in [6.45, 7) is 20.4. The summed E-state index contributed by atoms with van der Waals surface area (Å²) >= 11 is 0. The topological polar surface area (TPSA) is 168 Å². The van der Waals surface area contributed by atoms with Crippen LogP contribution >= 0.6 is 0 Å². The number of likely N-dealkylation sites (N-methyl/N-ethyl adjacent to an activating group) is 1. The van der Waals surface area contributed by atoms with Crippen molar-refractivity contribution in [3.05, 3.63) is 60.4 Å². The lowest BCUT2D eigenvalue weighted by Gasteiger charge is -2.36. The van der Waals surface area contributed by atoms with E-state index in [0.29, 0.717) is 58.6 Å². The van der Waals surface area contributed by atoms with Crippen molar-refractivity contribution in [3.63, 3.8) is 0 Å². The van der Waals surface area contributed by atoms with E-state index in [1.54, 1.807) is 32.2 Å². The van der Waals surface area contributed by atoms with Crippen LogP contribution in [0.25, 0.3) is 22.2 Å². The van der Waals surface area contributed by atoms with E-state index in [4.69, 9.17) is 19.2 Å². The Balaban J connectivity index is 1.12. The summed E-state index contributed by atoms with van der Waals surface area (Å²) in [7, 11) is 3.26. The maximum atomic E-state index is 13.8. The molecule has 64 heavy (non-hydrogen) atoms. The predicted molar refractivity (Wildman–Crippen MR) is 245 cm³/mol. The first kappa shape index (κ1) is 48.1. The second-order valence-electron chi connectivity index (χ2n) is 18.4. The molecular formula is C48H68N8O8. The summed E-state index contributed by atoms with van der Waals surface area (Å²) < 4.78 is 19.7. The fourth-order valence-corrected chi connectivity index (χ4v) is 9.40. The number of morpholine rings is 1. The number of anilines is 1. The smallest absolute Gasteiger partial charge is 0.324 e. The van der Waals surface area contributed by atoms with Crippen LogP contribution < -0.4 is 15.6 Å². The third kappa shape index (κ3) is 10.8. The van der Waals surface area contributed by atoms with Crippen LogP contribution in [-0.2, 0) is 57.8 Å². The number of aryl methyl sites for hydroxylation is 1. The number of methoxy groups -OCH3 is 1. The number of nitrogens with one attached hydrogen (secondary N) is 2. The van der Waals surface area contributed by atoms with Gasteiger partial charge in [0.1, 0.15) is 18.1 Å². The number of amides is 4. The molecule has 6 rings (SSSR count). The highest BCUT2D eigenvalue weighted by atomic mass is 16.5. The minimum Gasteiger partial charge on any atom is -0.464 e. The molecule has 2 aromatic heterocycles. The summed E-state index contributed by atoms with van der Waals surface area (Å²) in [6.07, 6.45) is 5.15. The Morgan fingerprint density at radius 1 is 1.08 bits per heavy atom. The summed E-state index contributed by atoms with van der Waals surface area (Å²) in [5.41, 5.74) is 8.89. The van der Waals surface area contributed by atoms with Gasteiger partial charge in [0.2, 0.25) is 17.7 Å². The molecule has 0 aliphatic carbocycles. The second kappa shape index (κ2) is 21.1. The predicted octanol–water partition coefficient (Wildman–Crippen LogP) is 4.34. The lowest BCUT2D eigenvalue weighted by Crippen LogP contribution is -2.61. The van der Waals surface area contributed by atoms with Crippen LogP contribution in [-0.4, -0.2) is 139 Å². The van der Waals surface area contributed by atoms with Crippen LogP contribution in [0.4, 0.5) is 5.69 Å². The quantitative estimate of drug-likeness (QED) is 0.146. The summed E-state index contributed by atoms with van der Waals surface area (Å²) in [4.78, 5) is 77.0. The van der Waals surface area contributed by atoms with Crippen molar-refractivity contribution in [3.8, 4) is 11.3 Å². The highest BCUT2D eigenvalue weighted by molar-refractivity contribution is 5.95. The molecule has 16 heteroatoms. The molecule has 2 N–H and O–H groups in total. The Hall–Kier alpha value is -5.32. The average Bonchev–Trinajstić information content (AvgIpc) is 3.91. The minimum atomic E-state index is -0.946. The number of hydrogen-bond acceptors (Lipinski definition) is 11. The number of esters is 1. The molecule has 3 aliphatic heterocycles. The average molecular weight is 885 g/mol. The zero-order valence-corrected chi connectivity index (χ0v) is 39.0. The first-order valence-corrected chi connectivity index (χ1v) is 22.7. The van der Waals surface area contributed by atoms with Crippen LogP contribution in [0.3, 0.4) is 0 Å². The largest absolute Gasteiger partial charge is 0.464 e. The van der Waals surface area contributed by atoms with Crippen molar-refractivity contribution < 1.29 is 38.2 Å². The molecule has 5 heterocycles. The number of hydrogen-bond donors (Lipinski definition) is 2. The van der Waals surface area contributed by atoms with Crippen molar-refractivity contribution in [2.24, 2.45) is 17.3 Å². The summed E-state index contributed by atoms with van der Waals surface area (Å²) in [5, 5.41) is 5.34. The van der Waals surface area contributed by atoms with Crippen LogP contribution in [0.5, 0.6) is 0 Å². The van der Waals surface area contributed by atoms with Crippen LogP contribution in [0, 0.1) is 17.3 Å². The fourth-order valence-electron chi connectivity index (χ4n) is 9.40. The van der Waals surface area contributed by atoms with Gasteiger partial charge in [-0.3, -0.25) is 34.0 Å². The van der Waals surface area contributed by atoms with Gasteiger partial charge in [0.15, 0.2) is 0 Å². The Labute approximate surface area is 377 Å². The number of likely N-dealkylation sites (tertiary alicyclic amines) is 1. The molecule has 3 aliphatic rings. The van der Waals surface area contributed by atoms with E-state index in [0.717, 1.165) is 58.7 Å². The number of benzene rings is 1. The van der Waals surface area contributed by atoms with E-state index in [1.165, 1.54) is 16.0 Å². The van der Waals surface area contributed by atoms with Crippen LogP contribution in [0.1, 0.15) is 72.1 Å². The molecule has 0 saturated carbocycles. The van der Waals surface area contributed by atoms with E-state index in [1.807, 2.05) is 19.9 Å². The van der Waals surface area contributed by atoms with Gasteiger partial charge in [-0.05, 0) is 87.4 Å². The Bertz CT molecular complexity index is 2180. The van der Waals surface area contributed by atoms with Crippen molar-refractivity contribution >= 4 is 46.2 Å². The molecule has 4 atom stereocenters. The number of nitrogens with zero attached hydrogens (tertiary/aromatic N) is 6. The number of ether oxygens (including phenoxy) is 3. The van der Waals surface area contributed by atoms with E-state index >= 15 is 0 Å². The maximum absolute atomic E-state index is 13.8. The molecule has 0 spiro atoms. The summed E-state index contributed by atoms with van der Waals surface area (Å²) in [5.74, 6) is -2.47. The third-order valence-corrected chi connectivity index (χ3v) is 12.7. The van der Waals surface area contributed by atoms with Crippen molar-refractivity contribution in [1.82, 2.24) is 35.1 Å². The zero-order chi connectivity index (χ0) is 46.3. The SMILES string of the molecule is C=CC(=O)N1CC[C@H](C(=O)N(C)[C@H](C(=O)N[C@@H](C)C(=O)N2CCC[C@@H](C(=O)OCC(C)(C)Cc3c(-c4cccnc4COC)n(CC)c4ccc(N5CCOCC5)cc34)N2)C(C)C)C1. The number of aromatic nitrogens is 2. The van der Waals surface area contributed by atoms with Gasteiger partial charge in [-0.25, -0.2) is 5.43 Å². The fraction of sp³-hybridized carbons (Fsp3) is 0.583. The van der Waals surface area contributed by atoms with Gasteiger partial charge in [0.05, 0.1) is 43.7 Å². The molecule has 16 nitrogen and oxygen atoms in total. The molecule has 3 saturated heterocycles. The van der Waals surface area contributed by atoms with Gasteiger partial charge in [-0.2, -0.15) is 0 Å². The number of pyridine rings is 1. The van der Waals surface area contributed by atoms with Gasteiger partial charge in [-0.1, -0.05) is 34.3 Å². The first-order valence-electron chi connectivity index (χ1n) is 22.7. The van der Waals surface area contributed by atoms with Gasteiger partial charge in [-0.15, -0.1) is 0 Å². The molecule has 348 valence electrons. The highest BCUT2D eigenvalue weighted by Gasteiger charge is 2.39. The van der Waals surface area contributed by atoms with Gasteiger partial charge >= 0.3 is 5.97 Å². The lowest BCUT2D eigenvalue weighted by atomic mass is 9.84. The number of fused-ring (bicyclic) bond motifs is 1. The van der Waals surface area contributed by atoms with Gasteiger partial charge < -0.3 is 38.8 Å². The van der Waals surface area contributed by atoms with E-state index < -0.39 is 47.2 Å². The molecule has 0 unspecified atom stereocenters. The van der Waals surface area contributed by atoms with Crippen LogP contribution in [0.15, 0.2) is 49.2 Å². The number of carbonyl (C=O) groups excluding carboxylic acids is 5. The molecular weight excluding hydrogens is 817 g/mol. The zero-order valence-electron chi connectivity index (χ0n) is 39.0. The van der Waals surface area contributed by atoms with Crippen molar-refractivity contribution in [2.45, 2.75) is 98.5 Å². The first-order chi connectivity index (χ1) is 30.6. The molecule has 3 aromatic rings. The Morgan fingerprint density at radius 2 is 1.83 bits per heavy atom. The molecule has 0 bridgehead atoms. The van der Waals surface area contributed by atoms with E-state index in [-0.39, 0.29) is 30.9 Å². The number of rotatable bonds is 17. The molecule has 0 radical (unpaired) electrons. The second-order valence-corrected chi connectivity index (χ2v) is 18.4.